The molecule has 0 saturated carbocycles. The lowest BCUT2D eigenvalue weighted by Crippen LogP contribution is -2.49. The molecule has 156 valence electrons. The van der Waals surface area contributed by atoms with E-state index in [0.717, 1.165) is 4.90 Å². The Kier molecular flexibility index (Phi) is 5.96. The van der Waals surface area contributed by atoms with Crippen LogP contribution >= 0.6 is 0 Å². The fraction of sp³-hybridized carbons (Fsp3) is 0.318. The molecule has 0 fully saturated rings. The molecular formula is C22H22N2O6. The van der Waals surface area contributed by atoms with Crippen molar-refractivity contribution in [3.63, 3.8) is 0 Å². The molecule has 3 rings (SSSR count). The number of esters is 1. The number of benzene rings is 2. The Morgan fingerprint density at radius 1 is 1.07 bits per heavy atom. The molecule has 0 bridgehead atoms. The topological polar surface area (TPSA) is 107 Å². The lowest BCUT2D eigenvalue weighted by molar-refractivity contribution is -0.385. The maximum atomic E-state index is 13.1. The first kappa shape index (κ1) is 21.2. The average molecular weight is 410 g/mol. The molecule has 1 aliphatic rings. The van der Waals surface area contributed by atoms with Gasteiger partial charge in [0.1, 0.15) is 12.1 Å². The van der Waals surface area contributed by atoms with Crippen LogP contribution in [0.3, 0.4) is 0 Å². The molecule has 2 aromatic carbocycles. The molecule has 8 nitrogen and oxygen atoms in total. The van der Waals surface area contributed by atoms with Gasteiger partial charge in [-0.25, -0.2) is 4.79 Å². The highest BCUT2D eigenvalue weighted by atomic mass is 16.6. The van der Waals surface area contributed by atoms with Gasteiger partial charge >= 0.3 is 5.97 Å². The van der Waals surface area contributed by atoms with Gasteiger partial charge < -0.3 is 4.74 Å². The third-order valence-corrected chi connectivity index (χ3v) is 5.37. The minimum Gasteiger partial charge on any atom is -0.456 e. The van der Waals surface area contributed by atoms with Crippen LogP contribution in [0.15, 0.2) is 48.5 Å². The molecule has 0 aromatic heterocycles. The van der Waals surface area contributed by atoms with Gasteiger partial charge in [-0.3, -0.25) is 24.6 Å². The number of carbonyl (C=O) groups is 3. The normalized spacial score (nSPS) is 16.0. The van der Waals surface area contributed by atoms with Crippen molar-refractivity contribution < 1.29 is 24.0 Å². The molecule has 0 N–H and O–H groups in total. The van der Waals surface area contributed by atoms with Gasteiger partial charge in [-0.2, -0.15) is 0 Å². The minimum atomic E-state index is -1.09. The molecule has 0 unspecified atom stereocenters. The Balaban J connectivity index is 1.87. The summed E-state index contributed by atoms with van der Waals surface area (Å²) in [6.45, 7) is 5.22. The summed E-state index contributed by atoms with van der Waals surface area (Å²) in [5, 5.41) is 11.0. The Hall–Kier alpha value is -3.55. The Morgan fingerprint density at radius 3 is 2.20 bits per heavy atom. The molecule has 30 heavy (non-hydrogen) atoms. The van der Waals surface area contributed by atoms with Gasteiger partial charge in [0, 0.05) is 12.1 Å². The fourth-order valence-electron chi connectivity index (χ4n) is 3.48. The molecule has 2 amide bonds. The molecule has 0 radical (unpaired) electrons. The molecule has 0 aliphatic carbocycles. The van der Waals surface area contributed by atoms with Crippen LogP contribution in [0.2, 0.25) is 0 Å². The van der Waals surface area contributed by atoms with Crippen molar-refractivity contribution in [2.45, 2.75) is 39.3 Å². The monoisotopic (exact) mass is 410 g/mol. The van der Waals surface area contributed by atoms with Crippen LogP contribution < -0.4 is 0 Å². The molecule has 8 heteroatoms. The van der Waals surface area contributed by atoms with Crippen LogP contribution in [0.4, 0.5) is 5.69 Å². The zero-order chi connectivity index (χ0) is 22.0. The van der Waals surface area contributed by atoms with Crippen LogP contribution in [-0.2, 0) is 9.53 Å². The van der Waals surface area contributed by atoms with Gasteiger partial charge in [-0.05, 0) is 30.5 Å². The second-order valence-corrected chi connectivity index (χ2v) is 7.29. The van der Waals surface area contributed by atoms with E-state index in [4.69, 9.17) is 4.74 Å². The van der Waals surface area contributed by atoms with E-state index in [-0.39, 0.29) is 22.7 Å². The zero-order valence-corrected chi connectivity index (χ0v) is 16.9. The lowest BCUT2D eigenvalue weighted by atomic mass is 9.97. The van der Waals surface area contributed by atoms with Crippen LogP contribution in [0, 0.1) is 16.0 Å². The van der Waals surface area contributed by atoms with Crippen LogP contribution in [0.1, 0.15) is 59.6 Å². The van der Waals surface area contributed by atoms with Crippen molar-refractivity contribution >= 4 is 23.5 Å². The van der Waals surface area contributed by atoms with E-state index in [2.05, 4.69) is 0 Å². The lowest BCUT2D eigenvalue weighted by Gasteiger charge is -2.30. The summed E-state index contributed by atoms with van der Waals surface area (Å²) in [6, 6.07) is 11.1. The van der Waals surface area contributed by atoms with Gasteiger partial charge in [0.05, 0.1) is 16.1 Å². The summed E-state index contributed by atoms with van der Waals surface area (Å²) < 4.78 is 5.56. The summed E-state index contributed by atoms with van der Waals surface area (Å²) in [5.74, 6) is -2.11. The van der Waals surface area contributed by atoms with E-state index in [0.29, 0.717) is 12.0 Å². The number of rotatable bonds is 7. The minimum absolute atomic E-state index is 0.116. The summed E-state index contributed by atoms with van der Waals surface area (Å²) in [4.78, 5) is 50.3. The van der Waals surface area contributed by atoms with E-state index < -0.39 is 34.9 Å². The molecular weight excluding hydrogens is 388 g/mol. The predicted molar refractivity (Wildman–Crippen MR) is 108 cm³/mol. The standard InChI is InChI=1S/C22H22N2O6/c1-4-13(2)19(23-20(25)17-10-5-6-11-18(17)21(23)26)22(27)30-14(3)15-8-7-9-16(12-15)24(28)29/h5-14,19H,4H2,1-3H3/t13-,14-,19-/m0/s1. The third kappa shape index (κ3) is 3.80. The Bertz CT molecular complexity index is 983. The van der Waals surface area contributed by atoms with Gasteiger partial charge in [0.2, 0.25) is 0 Å². The number of hydrogen-bond donors (Lipinski definition) is 0. The van der Waals surface area contributed by atoms with Crippen LogP contribution in [-0.4, -0.2) is 33.6 Å². The number of imide groups is 1. The molecule has 1 aliphatic heterocycles. The van der Waals surface area contributed by atoms with Crippen molar-refractivity contribution in [2.24, 2.45) is 5.92 Å². The summed E-state index contributed by atoms with van der Waals surface area (Å²) >= 11 is 0. The second kappa shape index (κ2) is 8.44. The number of nitrogens with zero attached hydrogens (tertiary/aromatic N) is 2. The first-order valence-electron chi connectivity index (χ1n) is 9.68. The number of nitro benzene ring substituents is 1. The van der Waals surface area contributed by atoms with E-state index in [9.17, 15) is 24.5 Å². The number of ether oxygens (including phenoxy) is 1. The molecule has 0 saturated heterocycles. The highest BCUT2D eigenvalue weighted by Crippen LogP contribution is 2.30. The number of fused-ring (bicyclic) bond motifs is 1. The number of hydrogen-bond acceptors (Lipinski definition) is 6. The van der Waals surface area contributed by atoms with Crippen molar-refractivity contribution in [1.29, 1.82) is 0 Å². The van der Waals surface area contributed by atoms with Crippen molar-refractivity contribution in [2.75, 3.05) is 0 Å². The first-order valence-corrected chi connectivity index (χ1v) is 9.68. The van der Waals surface area contributed by atoms with Crippen molar-refractivity contribution in [3.05, 3.63) is 75.3 Å². The number of amides is 2. The first-order chi connectivity index (χ1) is 14.3. The Morgan fingerprint density at radius 2 is 1.67 bits per heavy atom. The van der Waals surface area contributed by atoms with E-state index in [1.54, 1.807) is 44.2 Å². The largest absolute Gasteiger partial charge is 0.456 e. The molecule has 0 spiro atoms. The predicted octanol–water partition coefficient (Wildman–Crippen LogP) is 3.91. The average Bonchev–Trinajstić information content (AvgIpc) is 2.99. The second-order valence-electron chi connectivity index (χ2n) is 7.29. The number of carbonyl (C=O) groups excluding carboxylic acids is 3. The third-order valence-electron chi connectivity index (χ3n) is 5.37. The van der Waals surface area contributed by atoms with Gasteiger partial charge in [0.25, 0.3) is 17.5 Å². The summed E-state index contributed by atoms with van der Waals surface area (Å²) in [7, 11) is 0. The smallest absolute Gasteiger partial charge is 0.330 e. The quantitative estimate of drug-likeness (QED) is 0.296. The number of non-ortho nitro benzene ring substituents is 1. The number of nitro groups is 1. The molecule has 1 heterocycles. The Labute approximate surface area is 173 Å². The molecule has 2 aromatic rings. The summed E-state index contributed by atoms with van der Waals surface area (Å²) in [6.07, 6.45) is -0.252. The highest BCUT2D eigenvalue weighted by molar-refractivity contribution is 6.22. The van der Waals surface area contributed by atoms with Gasteiger partial charge in [-0.15, -0.1) is 0 Å². The van der Waals surface area contributed by atoms with Crippen LogP contribution in [0.25, 0.3) is 0 Å². The maximum absolute atomic E-state index is 13.1. The van der Waals surface area contributed by atoms with E-state index >= 15 is 0 Å². The SMILES string of the molecule is CC[C@H](C)[C@@H](C(=O)O[C@@H](C)c1cccc([N+](=O)[O-])c1)N1C(=O)c2ccccc2C1=O. The maximum Gasteiger partial charge on any atom is 0.330 e. The fourth-order valence-corrected chi connectivity index (χ4v) is 3.48. The highest BCUT2D eigenvalue weighted by Gasteiger charge is 2.45. The molecule has 3 atom stereocenters. The van der Waals surface area contributed by atoms with Gasteiger partial charge in [0.15, 0.2) is 0 Å². The van der Waals surface area contributed by atoms with E-state index in [1.807, 2.05) is 6.92 Å². The zero-order valence-electron chi connectivity index (χ0n) is 16.9. The van der Waals surface area contributed by atoms with Crippen LogP contribution in [0.5, 0.6) is 0 Å². The van der Waals surface area contributed by atoms with Crippen molar-refractivity contribution in [1.82, 2.24) is 4.90 Å². The van der Waals surface area contributed by atoms with Crippen molar-refractivity contribution in [3.8, 4) is 0 Å². The van der Waals surface area contributed by atoms with Gasteiger partial charge in [-0.1, -0.05) is 44.5 Å². The van der Waals surface area contributed by atoms with E-state index in [1.165, 1.54) is 18.2 Å². The summed E-state index contributed by atoms with van der Waals surface area (Å²) in [5.41, 5.74) is 0.850.